The van der Waals surface area contributed by atoms with Gasteiger partial charge in [0.05, 0.1) is 26.1 Å². The number of esters is 3. The standard InChI is InChI=1S/C44H67N2O7S2/c1-10-45(29-38(47)52-41(3,4)5)31-43(21-13-11-14-22-43)54-55-44(23-15-12-16-24-44)32-46(30-39(48)53-42(6,7)8)25-26-51-40(49)33(2)34-17-18-36-28-37(50-9)20-19-35(36)27-34/h17-20,27-28,33H,1,10-16,21-26,29-32H2,2-9H3/t33-/m0/s1. The van der Waals surface area contributed by atoms with Crippen molar-refractivity contribution in [1.82, 2.24) is 9.80 Å². The number of hydrogen-bond acceptors (Lipinski definition) is 11. The number of rotatable bonds is 18. The van der Waals surface area contributed by atoms with Gasteiger partial charge in [0.25, 0.3) is 0 Å². The Bertz CT molecular complexity index is 1560. The van der Waals surface area contributed by atoms with Gasteiger partial charge < -0.3 is 18.9 Å². The van der Waals surface area contributed by atoms with Crippen LogP contribution in [0.2, 0.25) is 0 Å². The number of carbonyl (C=O) groups excluding carboxylic acids is 3. The molecule has 11 heteroatoms. The Kier molecular flexibility index (Phi) is 16.7. The third-order valence-corrected chi connectivity index (χ3v) is 14.6. The lowest BCUT2D eigenvalue weighted by Crippen LogP contribution is -2.47. The summed E-state index contributed by atoms with van der Waals surface area (Å²) in [5.74, 6) is -0.430. The summed E-state index contributed by atoms with van der Waals surface area (Å²) in [6, 6.07) is 11.9. The van der Waals surface area contributed by atoms with Gasteiger partial charge in [0, 0.05) is 29.1 Å². The Hall–Kier alpha value is -2.47. The molecule has 2 saturated carbocycles. The molecule has 2 aliphatic rings. The summed E-state index contributed by atoms with van der Waals surface area (Å²) in [4.78, 5) is 43.8. The van der Waals surface area contributed by atoms with E-state index in [9.17, 15) is 14.4 Å². The van der Waals surface area contributed by atoms with Crippen molar-refractivity contribution in [3.63, 3.8) is 0 Å². The van der Waals surface area contributed by atoms with Crippen molar-refractivity contribution in [3.8, 4) is 5.75 Å². The Balaban J connectivity index is 1.47. The van der Waals surface area contributed by atoms with Gasteiger partial charge in [0.1, 0.15) is 23.6 Å². The van der Waals surface area contributed by atoms with E-state index in [-0.39, 0.29) is 47.1 Å². The summed E-state index contributed by atoms with van der Waals surface area (Å²) in [6.07, 6.45) is 11.3. The molecule has 0 saturated heterocycles. The van der Waals surface area contributed by atoms with Crippen LogP contribution in [0, 0.1) is 6.92 Å². The molecule has 2 aliphatic carbocycles. The van der Waals surface area contributed by atoms with Crippen LogP contribution in [0.5, 0.6) is 5.75 Å². The molecule has 9 nitrogen and oxygen atoms in total. The van der Waals surface area contributed by atoms with E-state index in [0.717, 1.165) is 67.2 Å². The second kappa shape index (κ2) is 20.3. The number of hydrogen-bond donors (Lipinski definition) is 0. The first-order chi connectivity index (χ1) is 25.9. The zero-order valence-electron chi connectivity index (χ0n) is 34.8. The summed E-state index contributed by atoms with van der Waals surface area (Å²) in [5.41, 5.74) is -0.239. The highest BCUT2D eigenvalue weighted by Crippen LogP contribution is 2.54. The molecule has 1 radical (unpaired) electrons. The maximum Gasteiger partial charge on any atom is 0.320 e. The van der Waals surface area contributed by atoms with Gasteiger partial charge in [-0.2, -0.15) is 0 Å². The number of ether oxygens (including phenoxy) is 4. The van der Waals surface area contributed by atoms with Crippen molar-refractivity contribution in [2.45, 2.75) is 139 Å². The highest BCUT2D eigenvalue weighted by atomic mass is 33.1. The van der Waals surface area contributed by atoms with Gasteiger partial charge >= 0.3 is 17.9 Å². The first-order valence-electron chi connectivity index (χ1n) is 20.2. The third kappa shape index (κ3) is 14.8. The summed E-state index contributed by atoms with van der Waals surface area (Å²) in [7, 11) is 5.64. The van der Waals surface area contributed by atoms with Crippen LogP contribution in [0.1, 0.15) is 124 Å². The fraction of sp³-hybridized carbons (Fsp3) is 0.682. The lowest BCUT2D eigenvalue weighted by Gasteiger charge is -2.45. The molecule has 0 amide bonds. The lowest BCUT2D eigenvalue weighted by molar-refractivity contribution is -0.157. The Morgan fingerprint density at radius 3 is 1.75 bits per heavy atom. The van der Waals surface area contributed by atoms with Crippen LogP contribution in [0.25, 0.3) is 10.8 Å². The van der Waals surface area contributed by atoms with Crippen LogP contribution in [-0.2, 0) is 28.6 Å². The highest BCUT2D eigenvalue weighted by molar-refractivity contribution is 8.77. The molecule has 0 N–H and O–H groups in total. The Morgan fingerprint density at radius 2 is 1.24 bits per heavy atom. The van der Waals surface area contributed by atoms with Crippen LogP contribution in [0.4, 0.5) is 0 Å². The normalized spacial score (nSPS) is 17.9. The van der Waals surface area contributed by atoms with Gasteiger partial charge in [-0.25, -0.2) is 0 Å². The first kappa shape index (κ1) is 45.2. The average molecular weight is 800 g/mol. The van der Waals surface area contributed by atoms with Crippen LogP contribution in [0.15, 0.2) is 36.4 Å². The zero-order chi connectivity index (χ0) is 40.3. The van der Waals surface area contributed by atoms with E-state index >= 15 is 0 Å². The first-order valence-corrected chi connectivity index (χ1v) is 22.4. The Labute approximate surface area is 339 Å². The van der Waals surface area contributed by atoms with Crippen LogP contribution < -0.4 is 4.74 Å². The van der Waals surface area contributed by atoms with E-state index in [0.29, 0.717) is 19.6 Å². The van der Waals surface area contributed by atoms with Gasteiger partial charge in [-0.3, -0.25) is 24.2 Å². The quantitative estimate of drug-likeness (QED) is 0.0821. The fourth-order valence-corrected chi connectivity index (χ4v) is 11.7. The second-order valence-electron chi connectivity index (χ2n) is 17.6. The number of nitrogens with zero attached hydrogens (tertiary/aromatic N) is 2. The van der Waals surface area contributed by atoms with Crippen LogP contribution >= 0.6 is 21.6 Å². The van der Waals surface area contributed by atoms with Gasteiger partial charge in [-0.05, 0) is 116 Å². The molecule has 4 rings (SSSR count). The molecule has 307 valence electrons. The van der Waals surface area contributed by atoms with E-state index in [1.807, 2.05) is 106 Å². The second-order valence-corrected chi connectivity index (χ2v) is 20.7. The molecule has 1 atom stereocenters. The minimum Gasteiger partial charge on any atom is -0.497 e. The summed E-state index contributed by atoms with van der Waals surface area (Å²) in [5, 5.41) is 2.08. The van der Waals surface area contributed by atoms with E-state index in [1.165, 1.54) is 25.7 Å². The number of carbonyl (C=O) groups is 3. The number of fused-ring (bicyclic) bond motifs is 1. The van der Waals surface area contributed by atoms with Crippen LogP contribution in [0.3, 0.4) is 0 Å². The molecule has 2 aromatic rings. The SMILES string of the molecule is [CH2]CN(CC(=O)OC(C)(C)C)CC1(SSC2(CN(CCOC(=O)[C@@H](C)c3ccc4cc(OC)ccc4c3)CC(=O)OC(C)(C)C)CCCCC2)CCCCC1. The van der Waals surface area contributed by atoms with Crippen molar-refractivity contribution >= 4 is 50.3 Å². The lowest BCUT2D eigenvalue weighted by atomic mass is 9.87. The predicted octanol–water partition coefficient (Wildman–Crippen LogP) is 9.40. The molecule has 0 spiro atoms. The summed E-state index contributed by atoms with van der Waals surface area (Å²) in [6.45, 7) is 20.4. The molecule has 55 heavy (non-hydrogen) atoms. The van der Waals surface area contributed by atoms with Crippen molar-refractivity contribution < 1.29 is 33.3 Å². The minimum atomic E-state index is -0.602. The van der Waals surface area contributed by atoms with Crippen molar-refractivity contribution in [3.05, 3.63) is 48.9 Å². The van der Waals surface area contributed by atoms with Crippen LogP contribution in [-0.4, -0.2) is 101 Å². The highest BCUT2D eigenvalue weighted by Gasteiger charge is 2.42. The molecule has 2 aromatic carbocycles. The molecule has 0 aliphatic heterocycles. The van der Waals surface area contributed by atoms with Crippen molar-refractivity contribution in [2.24, 2.45) is 0 Å². The Morgan fingerprint density at radius 1 is 0.745 bits per heavy atom. The molecule has 0 heterocycles. The monoisotopic (exact) mass is 799 g/mol. The zero-order valence-corrected chi connectivity index (χ0v) is 36.5. The maximum atomic E-state index is 13.4. The van der Waals surface area contributed by atoms with Gasteiger partial charge in [0.2, 0.25) is 0 Å². The fourth-order valence-electron chi connectivity index (χ4n) is 7.64. The maximum absolute atomic E-state index is 13.4. The van der Waals surface area contributed by atoms with Gasteiger partial charge in [-0.15, -0.1) is 0 Å². The average Bonchev–Trinajstić information content (AvgIpc) is 3.12. The molecule has 0 unspecified atom stereocenters. The molecule has 2 fully saturated rings. The smallest absolute Gasteiger partial charge is 0.320 e. The molecular weight excluding hydrogens is 733 g/mol. The molecular formula is C44H67N2O7S2. The van der Waals surface area contributed by atoms with Gasteiger partial charge in [-0.1, -0.05) is 84.4 Å². The summed E-state index contributed by atoms with van der Waals surface area (Å²) >= 11 is 0. The third-order valence-electron chi connectivity index (χ3n) is 10.4. The number of methoxy groups -OCH3 is 1. The molecule has 0 aromatic heterocycles. The largest absolute Gasteiger partial charge is 0.497 e. The van der Waals surface area contributed by atoms with E-state index in [2.05, 4.69) is 16.7 Å². The van der Waals surface area contributed by atoms with Crippen molar-refractivity contribution in [2.75, 3.05) is 53.0 Å². The minimum absolute atomic E-state index is 0.0104. The summed E-state index contributed by atoms with van der Waals surface area (Å²) < 4.78 is 22.7. The predicted molar refractivity (Wildman–Crippen MR) is 227 cm³/mol. The van der Waals surface area contributed by atoms with Crippen molar-refractivity contribution in [1.29, 1.82) is 0 Å². The van der Waals surface area contributed by atoms with E-state index < -0.39 is 17.1 Å². The van der Waals surface area contributed by atoms with E-state index in [1.54, 1.807) is 7.11 Å². The number of benzene rings is 2. The van der Waals surface area contributed by atoms with E-state index in [4.69, 9.17) is 18.9 Å². The molecule has 0 bridgehead atoms. The topological polar surface area (TPSA) is 94.6 Å². The van der Waals surface area contributed by atoms with Gasteiger partial charge in [0.15, 0.2) is 0 Å².